The summed E-state index contributed by atoms with van der Waals surface area (Å²) in [6.07, 6.45) is 1.14. The molecule has 1 heterocycles. The van der Waals surface area contributed by atoms with Gasteiger partial charge in [-0.1, -0.05) is 31.2 Å². The van der Waals surface area contributed by atoms with E-state index in [0.717, 1.165) is 12.0 Å². The van der Waals surface area contributed by atoms with Gasteiger partial charge in [0.25, 0.3) is 0 Å². The first kappa shape index (κ1) is 13.2. The van der Waals surface area contributed by atoms with Crippen molar-refractivity contribution in [1.29, 1.82) is 0 Å². The Morgan fingerprint density at radius 2 is 2.06 bits per heavy atom. The second-order valence-electron chi connectivity index (χ2n) is 4.92. The summed E-state index contributed by atoms with van der Waals surface area (Å²) in [5, 5.41) is 0. The lowest BCUT2D eigenvalue weighted by Crippen LogP contribution is -2.34. The van der Waals surface area contributed by atoms with Crippen LogP contribution in [0.1, 0.15) is 29.8 Å². The van der Waals surface area contributed by atoms with Gasteiger partial charge in [0.05, 0.1) is 25.9 Å². The maximum atomic E-state index is 11.2. The Kier molecular flexibility index (Phi) is 4.50. The Morgan fingerprint density at radius 1 is 1.33 bits per heavy atom. The van der Waals surface area contributed by atoms with Crippen LogP contribution in [0.3, 0.4) is 0 Å². The molecule has 1 saturated heterocycles. The summed E-state index contributed by atoms with van der Waals surface area (Å²) in [6, 6.07) is 7.83. The minimum Gasteiger partial charge on any atom is -0.376 e. The zero-order chi connectivity index (χ0) is 13.0. The number of ether oxygens (including phenoxy) is 2. The molecule has 18 heavy (non-hydrogen) atoms. The Balaban J connectivity index is 1.93. The van der Waals surface area contributed by atoms with Crippen molar-refractivity contribution < 1.29 is 14.3 Å². The standard InChI is InChI=1S/C15H20O3/c1-11(15-10-17-7-8-18-15)9-13-3-5-14(6-4-13)12(2)16/h3-6,11,15H,7-10H2,1-2H3. The van der Waals surface area contributed by atoms with Gasteiger partial charge in [-0.15, -0.1) is 0 Å². The average molecular weight is 248 g/mol. The molecule has 0 amide bonds. The third kappa shape index (κ3) is 3.40. The molecule has 0 aromatic heterocycles. The third-order valence-corrected chi connectivity index (χ3v) is 3.39. The SMILES string of the molecule is CC(=O)c1ccc(CC(C)C2COCCO2)cc1. The minimum atomic E-state index is 0.110. The van der Waals surface area contributed by atoms with E-state index < -0.39 is 0 Å². The molecule has 2 unspecified atom stereocenters. The van der Waals surface area contributed by atoms with Gasteiger partial charge in [-0.05, 0) is 24.8 Å². The highest BCUT2D eigenvalue weighted by Gasteiger charge is 2.21. The third-order valence-electron chi connectivity index (χ3n) is 3.39. The maximum absolute atomic E-state index is 11.2. The number of carbonyl (C=O) groups excluding carboxylic acids is 1. The lowest BCUT2D eigenvalue weighted by Gasteiger charge is -2.28. The number of rotatable bonds is 4. The number of hydrogen-bond acceptors (Lipinski definition) is 3. The normalized spacial score (nSPS) is 21.6. The molecule has 2 rings (SSSR count). The fourth-order valence-corrected chi connectivity index (χ4v) is 2.21. The number of carbonyl (C=O) groups is 1. The van der Waals surface area contributed by atoms with Crippen LogP contribution in [0.2, 0.25) is 0 Å². The second kappa shape index (κ2) is 6.12. The van der Waals surface area contributed by atoms with Gasteiger partial charge in [-0.25, -0.2) is 0 Å². The van der Waals surface area contributed by atoms with Gasteiger partial charge in [-0.3, -0.25) is 4.79 Å². The van der Waals surface area contributed by atoms with Crippen LogP contribution in [-0.2, 0) is 15.9 Å². The molecule has 2 atom stereocenters. The highest BCUT2D eigenvalue weighted by Crippen LogP contribution is 2.17. The predicted molar refractivity (Wildman–Crippen MR) is 69.9 cm³/mol. The molecule has 0 bridgehead atoms. The summed E-state index contributed by atoms with van der Waals surface area (Å²) in [5.74, 6) is 0.534. The highest BCUT2D eigenvalue weighted by atomic mass is 16.6. The van der Waals surface area contributed by atoms with Gasteiger partial charge in [0.15, 0.2) is 5.78 Å². The molecule has 3 heteroatoms. The fraction of sp³-hybridized carbons (Fsp3) is 0.533. The summed E-state index contributed by atoms with van der Waals surface area (Å²) >= 11 is 0. The van der Waals surface area contributed by atoms with Crippen molar-refractivity contribution in [3.63, 3.8) is 0 Å². The molecule has 0 N–H and O–H groups in total. The molecule has 0 radical (unpaired) electrons. The first-order chi connectivity index (χ1) is 8.66. The highest BCUT2D eigenvalue weighted by molar-refractivity contribution is 5.93. The summed E-state index contributed by atoms with van der Waals surface area (Å²) in [6.45, 7) is 5.85. The van der Waals surface area contributed by atoms with E-state index in [4.69, 9.17) is 9.47 Å². The molecule has 1 aliphatic rings. The maximum Gasteiger partial charge on any atom is 0.159 e. The van der Waals surface area contributed by atoms with Gasteiger partial charge in [0.2, 0.25) is 0 Å². The zero-order valence-corrected chi connectivity index (χ0v) is 11.0. The molecule has 0 aliphatic carbocycles. The van der Waals surface area contributed by atoms with Crippen molar-refractivity contribution in [2.75, 3.05) is 19.8 Å². The topological polar surface area (TPSA) is 35.5 Å². The number of benzene rings is 1. The van der Waals surface area contributed by atoms with E-state index in [1.54, 1.807) is 6.92 Å². The minimum absolute atomic E-state index is 0.110. The van der Waals surface area contributed by atoms with Gasteiger partial charge in [0.1, 0.15) is 0 Å². The van der Waals surface area contributed by atoms with E-state index in [-0.39, 0.29) is 11.9 Å². The molecule has 3 nitrogen and oxygen atoms in total. The fourth-order valence-electron chi connectivity index (χ4n) is 2.21. The Bertz CT molecular complexity index is 391. The van der Waals surface area contributed by atoms with E-state index in [0.29, 0.717) is 25.7 Å². The van der Waals surface area contributed by atoms with Crippen molar-refractivity contribution in [3.05, 3.63) is 35.4 Å². The number of Topliss-reactive ketones (excluding diaryl/α,β-unsaturated/α-hetero) is 1. The Morgan fingerprint density at radius 3 is 2.61 bits per heavy atom. The summed E-state index contributed by atoms with van der Waals surface area (Å²) < 4.78 is 11.1. The van der Waals surface area contributed by atoms with Crippen LogP contribution in [0.5, 0.6) is 0 Å². The van der Waals surface area contributed by atoms with Crippen molar-refractivity contribution in [2.45, 2.75) is 26.4 Å². The van der Waals surface area contributed by atoms with Gasteiger partial charge < -0.3 is 9.47 Å². The molecule has 1 aromatic carbocycles. The molecule has 1 aliphatic heterocycles. The smallest absolute Gasteiger partial charge is 0.159 e. The summed E-state index contributed by atoms with van der Waals surface area (Å²) in [7, 11) is 0. The molecule has 98 valence electrons. The van der Waals surface area contributed by atoms with Crippen LogP contribution >= 0.6 is 0 Å². The zero-order valence-electron chi connectivity index (χ0n) is 11.0. The lowest BCUT2D eigenvalue weighted by atomic mass is 9.95. The van der Waals surface area contributed by atoms with E-state index in [1.165, 1.54) is 5.56 Å². The lowest BCUT2D eigenvalue weighted by molar-refractivity contribution is -0.108. The molecule has 1 fully saturated rings. The summed E-state index contributed by atoms with van der Waals surface area (Å²) in [5.41, 5.74) is 2.00. The predicted octanol–water partition coefficient (Wildman–Crippen LogP) is 2.48. The van der Waals surface area contributed by atoms with E-state index >= 15 is 0 Å². The second-order valence-corrected chi connectivity index (χ2v) is 4.92. The monoisotopic (exact) mass is 248 g/mol. The van der Waals surface area contributed by atoms with Gasteiger partial charge >= 0.3 is 0 Å². The van der Waals surface area contributed by atoms with Crippen molar-refractivity contribution in [1.82, 2.24) is 0 Å². The van der Waals surface area contributed by atoms with Crippen LogP contribution < -0.4 is 0 Å². The number of hydrogen-bond donors (Lipinski definition) is 0. The number of ketones is 1. The van der Waals surface area contributed by atoms with Crippen LogP contribution in [-0.4, -0.2) is 31.7 Å². The summed E-state index contributed by atoms with van der Waals surface area (Å²) in [4.78, 5) is 11.2. The average Bonchev–Trinajstić information content (AvgIpc) is 2.40. The largest absolute Gasteiger partial charge is 0.376 e. The van der Waals surface area contributed by atoms with Crippen LogP contribution in [0, 0.1) is 5.92 Å². The van der Waals surface area contributed by atoms with Crippen molar-refractivity contribution in [3.8, 4) is 0 Å². The molecular weight excluding hydrogens is 228 g/mol. The molecule has 0 saturated carbocycles. The molecule has 0 spiro atoms. The van der Waals surface area contributed by atoms with E-state index in [9.17, 15) is 4.79 Å². The Labute approximate surface area is 108 Å². The van der Waals surface area contributed by atoms with Crippen LogP contribution in [0.25, 0.3) is 0 Å². The molecular formula is C15H20O3. The van der Waals surface area contributed by atoms with Crippen molar-refractivity contribution >= 4 is 5.78 Å². The first-order valence-corrected chi connectivity index (χ1v) is 6.46. The van der Waals surface area contributed by atoms with Gasteiger partial charge in [0, 0.05) is 5.56 Å². The molecule has 1 aromatic rings. The van der Waals surface area contributed by atoms with Crippen molar-refractivity contribution in [2.24, 2.45) is 5.92 Å². The Hall–Kier alpha value is -1.19. The van der Waals surface area contributed by atoms with Crippen LogP contribution in [0.15, 0.2) is 24.3 Å². The van der Waals surface area contributed by atoms with Gasteiger partial charge in [-0.2, -0.15) is 0 Å². The van der Waals surface area contributed by atoms with Crippen LogP contribution in [0.4, 0.5) is 0 Å². The van der Waals surface area contributed by atoms with E-state index in [2.05, 4.69) is 6.92 Å². The van der Waals surface area contributed by atoms with E-state index in [1.807, 2.05) is 24.3 Å². The first-order valence-electron chi connectivity index (χ1n) is 6.46. The quantitative estimate of drug-likeness (QED) is 0.768.